The number of amides is 4. The number of fused-ring (bicyclic) bond motifs is 3. The van der Waals surface area contributed by atoms with Crippen molar-refractivity contribution in [3.05, 3.63) is 108 Å². The first kappa shape index (κ1) is 45.8. The van der Waals surface area contributed by atoms with Crippen molar-refractivity contribution in [2.75, 3.05) is 47.2 Å². The molecule has 1 unspecified atom stereocenters. The molecule has 6 heterocycles. The van der Waals surface area contributed by atoms with E-state index in [0.717, 1.165) is 23.2 Å². The molecule has 3 fully saturated rings. The third-order valence-electron chi connectivity index (χ3n) is 14.3. The Bertz CT molecular complexity index is 2760. The maximum atomic E-state index is 16.6. The van der Waals surface area contributed by atoms with E-state index in [-0.39, 0.29) is 40.8 Å². The Kier molecular flexibility index (Phi) is 12.8. The first-order valence-electron chi connectivity index (χ1n) is 23.5. The topological polar surface area (TPSA) is 193 Å². The number of methoxy groups -OCH3 is 2. The normalized spacial score (nSPS) is 20.8. The van der Waals surface area contributed by atoms with Crippen LogP contribution in [0, 0.1) is 11.8 Å². The maximum absolute atomic E-state index is 16.6. The van der Waals surface area contributed by atoms with E-state index in [1.807, 2.05) is 36.4 Å². The number of H-pyrrole nitrogens is 2. The van der Waals surface area contributed by atoms with Crippen LogP contribution in [0.2, 0.25) is 0 Å². The molecule has 5 aliphatic rings. The minimum absolute atomic E-state index is 0.0791. The molecule has 69 heavy (non-hydrogen) atoms. The number of nitrogens with one attached hydrogen (secondary N) is 4. The van der Waals surface area contributed by atoms with Gasteiger partial charge < -0.3 is 49.3 Å². The number of aromatic nitrogens is 4. The van der Waals surface area contributed by atoms with Crippen molar-refractivity contribution < 1.29 is 46.9 Å². The van der Waals surface area contributed by atoms with Gasteiger partial charge in [-0.15, -0.1) is 0 Å². The molecule has 2 aromatic heterocycles. The predicted octanol–water partition coefficient (Wildman–Crippen LogP) is 8.01. The van der Waals surface area contributed by atoms with Crippen molar-refractivity contribution in [1.82, 2.24) is 40.4 Å². The van der Waals surface area contributed by atoms with Crippen LogP contribution in [-0.2, 0) is 34.5 Å². The van der Waals surface area contributed by atoms with E-state index >= 15 is 8.78 Å². The predicted molar refractivity (Wildman–Crippen MR) is 248 cm³/mol. The average molecular weight is 945 g/mol. The number of carbonyl (C=O) groups excluding carboxylic acids is 4. The molecule has 10 rings (SSSR count). The van der Waals surface area contributed by atoms with Crippen LogP contribution in [0.3, 0.4) is 0 Å². The number of hydrogen-bond donors (Lipinski definition) is 4. The second-order valence-electron chi connectivity index (χ2n) is 18.2. The van der Waals surface area contributed by atoms with Gasteiger partial charge in [0.05, 0.1) is 50.1 Å². The van der Waals surface area contributed by atoms with Crippen molar-refractivity contribution >= 4 is 24.0 Å². The summed E-state index contributed by atoms with van der Waals surface area (Å²) in [6, 6.07) is 15.4. The van der Waals surface area contributed by atoms with Gasteiger partial charge in [0.1, 0.15) is 23.7 Å². The molecule has 4 amide bonds. The second-order valence-corrected chi connectivity index (χ2v) is 18.2. The van der Waals surface area contributed by atoms with Crippen LogP contribution in [0.25, 0.3) is 44.8 Å². The van der Waals surface area contributed by atoms with E-state index in [1.165, 1.54) is 20.3 Å². The first-order valence-corrected chi connectivity index (χ1v) is 23.5. The van der Waals surface area contributed by atoms with Gasteiger partial charge >= 0.3 is 12.2 Å². The molecule has 5 aromatic rings. The van der Waals surface area contributed by atoms with E-state index in [2.05, 4.69) is 30.6 Å². The number of rotatable bonds is 11. The van der Waals surface area contributed by atoms with Crippen molar-refractivity contribution in [2.45, 2.75) is 75.0 Å². The van der Waals surface area contributed by atoms with Crippen LogP contribution < -0.4 is 10.6 Å². The van der Waals surface area contributed by atoms with Gasteiger partial charge in [-0.05, 0) is 96.7 Å². The number of halogens is 2. The Balaban J connectivity index is 0.827. The third-order valence-corrected chi connectivity index (χ3v) is 14.3. The molecular weight excluding hydrogens is 891 g/mol. The fraction of sp³-hybridized carbons (Fsp3) is 0.412. The Morgan fingerprint density at radius 2 is 1.19 bits per heavy atom. The number of carbonyl (C=O) groups is 4. The largest absolute Gasteiger partial charge is 0.453 e. The molecule has 0 saturated carbocycles. The third kappa shape index (κ3) is 8.86. The lowest BCUT2D eigenvalue weighted by molar-refractivity contribution is -0.137. The van der Waals surface area contributed by atoms with Crippen molar-refractivity contribution in [3.8, 4) is 44.8 Å². The molecule has 1 aliphatic carbocycles. The lowest BCUT2D eigenvalue weighted by Crippen LogP contribution is -2.53. The number of hydrogen-bond acceptors (Lipinski definition) is 10. The minimum atomic E-state index is -3.28. The quantitative estimate of drug-likeness (QED) is 0.101. The zero-order chi connectivity index (χ0) is 47.8. The monoisotopic (exact) mass is 944 g/mol. The van der Waals surface area contributed by atoms with Gasteiger partial charge in [-0.2, -0.15) is 8.78 Å². The van der Waals surface area contributed by atoms with Crippen molar-refractivity contribution in [2.24, 2.45) is 11.8 Å². The first-order chi connectivity index (χ1) is 33.5. The highest BCUT2D eigenvalue weighted by molar-refractivity contribution is 5.88. The minimum Gasteiger partial charge on any atom is -0.453 e. The lowest BCUT2D eigenvalue weighted by atomic mass is 9.90. The zero-order valence-corrected chi connectivity index (χ0v) is 38.3. The lowest BCUT2D eigenvalue weighted by Gasteiger charge is -2.34. The number of ether oxygens (including phenoxy) is 4. The number of benzene rings is 3. The van der Waals surface area contributed by atoms with Gasteiger partial charge in [0.2, 0.25) is 11.8 Å². The van der Waals surface area contributed by atoms with E-state index in [4.69, 9.17) is 18.9 Å². The van der Waals surface area contributed by atoms with Crippen molar-refractivity contribution in [3.63, 3.8) is 0 Å². The fourth-order valence-corrected chi connectivity index (χ4v) is 10.6. The van der Waals surface area contributed by atoms with Crippen molar-refractivity contribution in [1.29, 1.82) is 0 Å². The van der Waals surface area contributed by atoms with Gasteiger partial charge in [0.25, 0.3) is 5.92 Å². The number of alkyl carbamates (subject to hydrolysis) is 2. The Hall–Kier alpha value is -6.92. The highest BCUT2D eigenvalue weighted by Crippen LogP contribution is 2.53. The van der Waals surface area contributed by atoms with Crippen LogP contribution in [0.4, 0.5) is 18.4 Å². The SMILES string of the molecule is COC(=O)NC(C(=O)N1CCC[C@H]1c1ncc(-c2ccc3c(c2)C(F)(F)c2cc(-c4ccc(-c5cnc([C@@H]6CC=CN6C(=O)[C@@H](NC(=O)OC)C6CCOCC6)[nH]5)cc4)ccc2-3)[nH]1)C1CCOCC1. The fourth-order valence-electron chi connectivity index (χ4n) is 10.6. The Morgan fingerprint density at radius 1 is 0.681 bits per heavy atom. The molecule has 4 N–H and O–H groups in total. The van der Waals surface area contributed by atoms with E-state index in [1.54, 1.807) is 52.7 Å². The summed E-state index contributed by atoms with van der Waals surface area (Å²) < 4.78 is 53.9. The summed E-state index contributed by atoms with van der Waals surface area (Å²) in [4.78, 5) is 72.0. The summed E-state index contributed by atoms with van der Waals surface area (Å²) in [5.74, 6) is -2.81. The molecule has 3 saturated heterocycles. The molecular formula is C51H54F2N8O8. The zero-order valence-electron chi connectivity index (χ0n) is 38.3. The Morgan fingerprint density at radius 3 is 1.78 bits per heavy atom. The maximum Gasteiger partial charge on any atom is 0.407 e. The summed E-state index contributed by atoms with van der Waals surface area (Å²) in [7, 11) is 2.54. The summed E-state index contributed by atoms with van der Waals surface area (Å²) in [5, 5.41) is 5.52. The van der Waals surface area contributed by atoms with Crippen LogP contribution in [0.15, 0.2) is 85.3 Å². The summed E-state index contributed by atoms with van der Waals surface area (Å²) in [6.07, 6.45) is 10.1. The highest BCUT2D eigenvalue weighted by Gasteiger charge is 2.45. The van der Waals surface area contributed by atoms with Gasteiger partial charge in [-0.1, -0.05) is 54.6 Å². The van der Waals surface area contributed by atoms with E-state index in [0.29, 0.717) is 111 Å². The summed E-state index contributed by atoms with van der Waals surface area (Å²) >= 11 is 0. The number of likely N-dealkylation sites (tertiary alicyclic amines) is 1. The summed E-state index contributed by atoms with van der Waals surface area (Å²) in [6.45, 7) is 2.51. The van der Waals surface area contributed by atoms with Gasteiger partial charge in [-0.25, -0.2) is 19.6 Å². The molecule has 360 valence electrons. The van der Waals surface area contributed by atoms with Crippen LogP contribution in [0.5, 0.6) is 0 Å². The summed E-state index contributed by atoms with van der Waals surface area (Å²) in [5.41, 5.74) is 4.77. The molecule has 4 aliphatic heterocycles. The standard InChI is InChI=1S/C51H54F2N8O8/c1-66-49(64)58-43(31-15-21-68-22-16-31)47(62)60-19-3-5-41(60)45-54-27-39(56-45)30-9-7-29(8-10-30)33-11-13-35-36-14-12-34(26-38(36)51(52,53)37(35)25-33)40-28-55-46(57-40)42-6-4-20-61(42)48(63)44(59-50(65)67-2)32-17-23-69-24-18-32/h3,7-14,19,25-28,31-32,41-44H,4-6,15-18,20-24H2,1-2H3,(H,54,56)(H,55,57)(H,58,64)(H,59,65)/t41-,42-,43-,44?/m0/s1. The number of nitrogens with zero attached hydrogens (tertiary/aromatic N) is 4. The van der Waals surface area contributed by atoms with Crippen LogP contribution >= 0.6 is 0 Å². The number of imidazole rings is 2. The molecule has 18 heteroatoms. The molecule has 0 radical (unpaired) electrons. The molecule has 3 aromatic carbocycles. The number of alkyl halides is 2. The second kappa shape index (κ2) is 19.2. The van der Waals surface area contributed by atoms with E-state index in [9.17, 15) is 19.2 Å². The van der Waals surface area contributed by atoms with Crippen LogP contribution in [0.1, 0.15) is 79.8 Å². The van der Waals surface area contributed by atoms with E-state index < -0.39 is 36.2 Å². The van der Waals surface area contributed by atoms with Gasteiger partial charge in [-0.3, -0.25) is 9.59 Å². The molecule has 16 nitrogen and oxygen atoms in total. The van der Waals surface area contributed by atoms with Gasteiger partial charge in [0.15, 0.2) is 0 Å². The van der Waals surface area contributed by atoms with Crippen LogP contribution in [-0.4, -0.2) is 113 Å². The molecule has 4 atom stereocenters. The van der Waals surface area contributed by atoms with Gasteiger partial charge in [0, 0.05) is 55.9 Å². The Labute approximate surface area is 397 Å². The molecule has 0 spiro atoms. The molecule has 0 bridgehead atoms. The highest BCUT2D eigenvalue weighted by atomic mass is 19.3. The smallest absolute Gasteiger partial charge is 0.407 e. The number of aromatic amines is 2. The average Bonchev–Trinajstić information content (AvgIpc) is 4.26.